The van der Waals surface area contributed by atoms with Crippen molar-refractivity contribution in [3.8, 4) is 0 Å². The van der Waals surface area contributed by atoms with Gasteiger partial charge in [-0.3, -0.25) is 4.79 Å². The van der Waals surface area contributed by atoms with Crippen molar-refractivity contribution in [3.05, 3.63) is 42.4 Å². The molecule has 1 aromatic heterocycles. The summed E-state index contributed by atoms with van der Waals surface area (Å²) in [6, 6.07) is 3.57. The maximum Gasteiger partial charge on any atom is 0.178 e. The van der Waals surface area contributed by atoms with Crippen LogP contribution in [0.3, 0.4) is 0 Å². The Morgan fingerprint density at radius 2 is 2.33 bits per heavy atom. The third kappa shape index (κ3) is 2.58. The Labute approximate surface area is 71.2 Å². The molecule has 0 atom stereocenters. The first kappa shape index (κ1) is 8.53. The number of carbonyl (C=O) groups is 1. The van der Waals surface area contributed by atoms with E-state index in [9.17, 15) is 4.79 Å². The van der Waals surface area contributed by atoms with Gasteiger partial charge in [0.15, 0.2) is 5.78 Å². The highest BCUT2D eigenvalue weighted by molar-refractivity contribution is 6.01. The van der Waals surface area contributed by atoms with Gasteiger partial charge in [0.2, 0.25) is 0 Å². The van der Waals surface area contributed by atoms with E-state index in [1.54, 1.807) is 37.5 Å². The molecule has 0 bridgehead atoms. The average Bonchev–Trinajstić information content (AvgIpc) is 2.53. The monoisotopic (exact) mass is 162 g/mol. The van der Waals surface area contributed by atoms with E-state index in [1.165, 1.54) is 12.2 Å². The molecule has 12 heavy (non-hydrogen) atoms. The maximum absolute atomic E-state index is 10.9. The number of hydrogen-bond acceptors (Lipinski definition) is 2. The van der Waals surface area contributed by atoms with Gasteiger partial charge in [0, 0.05) is 0 Å². The van der Waals surface area contributed by atoms with Crippen LogP contribution in [0, 0.1) is 0 Å². The smallest absolute Gasteiger partial charge is 0.178 e. The van der Waals surface area contributed by atoms with Crippen LogP contribution in [0.1, 0.15) is 12.7 Å². The molecule has 0 spiro atoms. The third-order valence-corrected chi connectivity index (χ3v) is 1.29. The minimum atomic E-state index is -0.0334. The average molecular weight is 162 g/mol. The van der Waals surface area contributed by atoms with E-state index in [2.05, 4.69) is 0 Å². The van der Waals surface area contributed by atoms with Gasteiger partial charge in [-0.25, -0.2) is 0 Å². The Kier molecular flexibility index (Phi) is 3.08. The van der Waals surface area contributed by atoms with E-state index in [0.29, 0.717) is 5.76 Å². The fraction of sp³-hybridized carbons (Fsp3) is 0.100. The van der Waals surface area contributed by atoms with Gasteiger partial charge in [0.1, 0.15) is 5.76 Å². The fourth-order valence-corrected chi connectivity index (χ4v) is 0.770. The summed E-state index contributed by atoms with van der Waals surface area (Å²) in [5.41, 5.74) is 0. The van der Waals surface area contributed by atoms with Crippen molar-refractivity contribution in [1.82, 2.24) is 0 Å². The SMILES string of the molecule is C/C=C/C(=O)/C=C/c1ccco1. The summed E-state index contributed by atoms with van der Waals surface area (Å²) >= 11 is 0. The molecule has 0 radical (unpaired) electrons. The molecule has 0 fully saturated rings. The molecule has 1 rings (SSSR count). The molecule has 1 aromatic rings. The highest BCUT2D eigenvalue weighted by Crippen LogP contribution is 2.01. The van der Waals surface area contributed by atoms with Gasteiger partial charge in [0.05, 0.1) is 6.26 Å². The van der Waals surface area contributed by atoms with Crippen LogP contribution < -0.4 is 0 Å². The predicted molar refractivity (Wildman–Crippen MR) is 47.6 cm³/mol. The van der Waals surface area contributed by atoms with Crippen molar-refractivity contribution in [2.75, 3.05) is 0 Å². The Hall–Kier alpha value is -1.57. The van der Waals surface area contributed by atoms with Gasteiger partial charge >= 0.3 is 0 Å². The topological polar surface area (TPSA) is 30.2 Å². The molecule has 0 saturated heterocycles. The zero-order chi connectivity index (χ0) is 8.81. The predicted octanol–water partition coefficient (Wildman–Crippen LogP) is 2.44. The zero-order valence-electron chi connectivity index (χ0n) is 6.86. The molecular formula is C10H10O2. The van der Waals surface area contributed by atoms with E-state index >= 15 is 0 Å². The summed E-state index contributed by atoms with van der Waals surface area (Å²) < 4.78 is 5.00. The van der Waals surface area contributed by atoms with E-state index in [4.69, 9.17) is 4.42 Å². The lowest BCUT2D eigenvalue weighted by molar-refractivity contribution is -0.110. The normalized spacial score (nSPS) is 11.4. The van der Waals surface area contributed by atoms with Crippen molar-refractivity contribution < 1.29 is 9.21 Å². The van der Waals surface area contributed by atoms with Crippen LogP contribution in [-0.4, -0.2) is 5.78 Å². The second-order valence-electron chi connectivity index (χ2n) is 2.25. The molecule has 1 heterocycles. The van der Waals surface area contributed by atoms with E-state index in [1.807, 2.05) is 0 Å². The minimum absolute atomic E-state index is 0.0334. The van der Waals surface area contributed by atoms with Crippen molar-refractivity contribution in [1.29, 1.82) is 0 Å². The van der Waals surface area contributed by atoms with Crippen LogP contribution in [0.15, 0.2) is 41.0 Å². The first-order valence-corrected chi connectivity index (χ1v) is 3.71. The Morgan fingerprint density at radius 1 is 1.50 bits per heavy atom. The summed E-state index contributed by atoms with van der Waals surface area (Å²) in [5, 5.41) is 0. The molecule has 2 heteroatoms. The Bertz CT molecular complexity index is 292. The van der Waals surface area contributed by atoms with Crippen LogP contribution in [0.25, 0.3) is 6.08 Å². The summed E-state index contributed by atoms with van der Waals surface area (Å²) in [7, 11) is 0. The Morgan fingerprint density at radius 3 is 2.92 bits per heavy atom. The molecule has 2 nitrogen and oxygen atoms in total. The van der Waals surface area contributed by atoms with Crippen molar-refractivity contribution in [2.45, 2.75) is 6.92 Å². The van der Waals surface area contributed by atoms with E-state index < -0.39 is 0 Å². The van der Waals surface area contributed by atoms with Gasteiger partial charge in [0.25, 0.3) is 0 Å². The van der Waals surface area contributed by atoms with Crippen LogP contribution in [0.2, 0.25) is 0 Å². The number of hydrogen-bond donors (Lipinski definition) is 0. The molecular weight excluding hydrogens is 152 g/mol. The number of ketones is 1. The first-order chi connectivity index (χ1) is 5.83. The second kappa shape index (κ2) is 4.34. The van der Waals surface area contributed by atoms with Crippen molar-refractivity contribution >= 4 is 11.9 Å². The molecule has 62 valence electrons. The lowest BCUT2D eigenvalue weighted by atomic mass is 10.3. The molecule has 0 aliphatic rings. The van der Waals surface area contributed by atoms with E-state index in [-0.39, 0.29) is 5.78 Å². The second-order valence-corrected chi connectivity index (χ2v) is 2.25. The Balaban J connectivity index is 2.57. The van der Waals surface area contributed by atoms with Gasteiger partial charge in [-0.15, -0.1) is 0 Å². The number of carbonyl (C=O) groups excluding carboxylic acids is 1. The van der Waals surface area contributed by atoms with Gasteiger partial charge in [-0.05, 0) is 37.3 Å². The first-order valence-electron chi connectivity index (χ1n) is 3.71. The van der Waals surface area contributed by atoms with Crippen LogP contribution in [-0.2, 0) is 4.79 Å². The summed E-state index contributed by atoms with van der Waals surface area (Å²) in [4.78, 5) is 10.9. The summed E-state index contributed by atoms with van der Waals surface area (Å²) in [6.07, 6.45) is 7.88. The third-order valence-electron chi connectivity index (χ3n) is 1.29. The molecule has 0 unspecified atom stereocenters. The molecule has 0 aromatic carbocycles. The summed E-state index contributed by atoms with van der Waals surface area (Å²) in [6.45, 7) is 1.80. The molecule has 0 aliphatic carbocycles. The minimum Gasteiger partial charge on any atom is -0.465 e. The fourth-order valence-electron chi connectivity index (χ4n) is 0.770. The molecule has 0 amide bonds. The van der Waals surface area contributed by atoms with Crippen LogP contribution in [0.5, 0.6) is 0 Å². The quantitative estimate of drug-likeness (QED) is 0.639. The highest BCUT2D eigenvalue weighted by atomic mass is 16.3. The number of furan rings is 1. The van der Waals surface area contributed by atoms with Gasteiger partial charge in [-0.2, -0.15) is 0 Å². The van der Waals surface area contributed by atoms with Gasteiger partial charge in [-0.1, -0.05) is 6.08 Å². The lowest BCUT2D eigenvalue weighted by Gasteiger charge is -1.81. The van der Waals surface area contributed by atoms with Crippen molar-refractivity contribution in [3.63, 3.8) is 0 Å². The maximum atomic E-state index is 10.9. The van der Waals surface area contributed by atoms with E-state index in [0.717, 1.165) is 0 Å². The summed E-state index contributed by atoms with van der Waals surface area (Å²) in [5.74, 6) is 0.654. The molecule has 0 N–H and O–H groups in total. The highest BCUT2D eigenvalue weighted by Gasteiger charge is 1.89. The molecule has 0 aliphatic heterocycles. The number of rotatable bonds is 3. The lowest BCUT2D eigenvalue weighted by Crippen LogP contribution is -1.82. The molecule has 0 saturated carbocycles. The number of allylic oxidation sites excluding steroid dienone is 3. The van der Waals surface area contributed by atoms with Crippen LogP contribution in [0.4, 0.5) is 0 Å². The van der Waals surface area contributed by atoms with Crippen molar-refractivity contribution in [2.24, 2.45) is 0 Å². The standard InChI is InChI=1S/C10H10O2/c1-2-4-9(11)6-7-10-5-3-8-12-10/h2-8H,1H3/b4-2+,7-6+. The van der Waals surface area contributed by atoms with Crippen LogP contribution >= 0.6 is 0 Å². The largest absolute Gasteiger partial charge is 0.465 e. The van der Waals surface area contributed by atoms with Gasteiger partial charge < -0.3 is 4.42 Å². The zero-order valence-corrected chi connectivity index (χ0v) is 6.86.